The summed E-state index contributed by atoms with van der Waals surface area (Å²) in [5.41, 5.74) is 4.04. The number of nitrogens with one attached hydrogen (secondary N) is 2. The lowest BCUT2D eigenvalue weighted by Crippen LogP contribution is -2.20. The summed E-state index contributed by atoms with van der Waals surface area (Å²) < 4.78 is 1.76. The minimum absolute atomic E-state index is 0.270. The van der Waals surface area contributed by atoms with Gasteiger partial charge in [0.05, 0.1) is 16.9 Å². The predicted octanol–water partition coefficient (Wildman–Crippen LogP) is 3.95. The third kappa shape index (κ3) is 4.62. The molecule has 158 valence electrons. The molecule has 0 aliphatic heterocycles. The van der Waals surface area contributed by atoms with Crippen LogP contribution in [-0.4, -0.2) is 33.6 Å². The van der Waals surface area contributed by atoms with E-state index in [-0.39, 0.29) is 11.8 Å². The van der Waals surface area contributed by atoms with Crippen LogP contribution in [0.5, 0.6) is 0 Å². The number of nitrogens with zero attached hydrogens (tertiary/aromatic N) is 3. The molecule has 0 aliphatic carbocycles. The zero-order valence-corrected chi connectivity index (χ0v) is 17.4. The second-order valence-corrected chi connectivity index (χ2v) is 6.90. The maximum Gasteiger partial charge on any atom is 0.253 e. The van der Waals surface area contributed by atoms with Gasteiger partial charge in [-0.2, -0.15) is 5.10 Å². The molecule has 7 nitrogen and oxygen atoms in total. The van der Waals surface area contributed by atoms with Gasteiger partial charge in [0, 0.05) is 42.8 Å². The molecule has 0 bridgehead atoms. The molecule has 0 atom stereocenters. The minimum atomic E-state index is -0.356. The molecule has 4 rings (SSSR count). The third-order valence-electron chi connectivity index (χ3n) is 4.77. The maximum atomic E-state index is 12.6. The van der Waals surface area contributed by atoms with Gasteiger partial charge in [0.2, 0.25) is 5.91 Å². The highest BCUT2D eigenvalue weighted by atomic mass is 16.2. The molecule has 0 aliphatic rings. The van der Waals surface area contributed by atoms with Crippen LogP contribution >= 0.6 is 0 Å². The number of para-hydroxylation sites is 2. The molecule has 4 aromatic rings. The standard InChI is InChI=1S/C25H21N5O2/c1-26-25(32)21-11-5-6-12-22(21)28-23(31)14-13-19-17-30(20-9-3-2-4-10-20)29-24(19)18-8-7-15-27-16-18/h2-17H,1H3,(H,26,32)(H,28,31)/b14-13+. The van der Waals surface area contributed by atoms with Gasteiger partial charge in [0.25, 0.3) is 5.91 Å². The van der Waals surface area contributed by atoms with E-state index in [0.717, 1.165) is 16.8 Å². The first kappa shape index (κ1) is 20.7. The van der Waals surface area contributed by atoms with Crippen LogP contribution in [-0.2, 0) is 4.79 Å². The number of carbonyl (C=O) groups is 2. The number of hydrogen-bond acceptors (Lipinski definition) is 4. The zero-order valence-electron chi connectivity index (χ0n) is 17.4. The van der Waals surface area contributed by atoms with E-state index in [0.29, 0.717) is 16.9 Å². The molecule has 0 radical (unpaired) electrons. The van der Waals surface area contributed by atoms with Crippen LogP contribution in [0.3, 0.4) is 0 Å². The minimum Gasteiger partial charge on any atom is -0.355 e. The van der Waals surface area contributed by atoms with E-state index >= 15 is 0 Å². The van der Waals surface area contributed by atoms with Gasteiger partial charge in [-0.05, 0) is 42.5 Å². The largest absolute Gasteiger partial charge is 0.355 e. The predicted molar refractivity (Wildman–Crippen MR) is 124 cm³/mol. The number of pyridine rings is 1. The van der Waals surface area contributed by atoms with Crippen molar-refractivity contribution in [3.05, 3.63) is 103 Å². The molecular weight excluding hydrogens is 402 g/mol. The van der Waals surface area contributed by atoms with E-state index in [1.807, 2.05) is 48.7 Å². The molecular formula is C25H21N5O2. The lowest BCUT2D eigenvalue weighted by Gasteiger charge is -2.08. The Labute approximate surface area is 185 Å². The van der Waals surface area contributed by atoms with Crippen molar-refractivity contribution in [3.8, 4) is 16.9 Å². The summed E-state index contributed by atoms with van der Waals surface area (Å²) in [7, 11) is 1.55. The Morgan fingerprint density at radius 1 is 0.969 bits per heavy atom. The Kier molecular flexibility index (Phi) is 6.17. The lowest BCUT2D eigenvalue weighted by atomic mass is 10.1. The van der Waals surface area contributed by atoms with Crippen LogP contribution < -0.4 is 10.6 Å². The highest BCUT2D eigenvalue weighted by molar-refractivity contribution is 6.07. The summed E-state index contributed by atoms with van der Waals surface area (Å²) in [6.07, 6.45) is 8.42. The van der Waals surface area contributed by atoms with E-state index in [2.05, 4.69) is 15.6 Å². The average molecular weight is 423 g/mol. The first-order valence-electron chi connectivity index (χ1n) is 10.0. The van der Waals surface area contributed by atoms with Crippen LogP contribution in [0.2, 0.25) is 0 Å². The van der Waals surface area contributed by atoms with Gasteiger partial charge < -0.3 is 10.6 Å². The summed E-state index contributed by atoms with van der Waals surface area (Å²) in [4.78, 5) is 28.8. The van der Waals surface area contributed by atoms with Gasteiger partial charge in [-0.15, -0.1) is 0 Å². The normalized spacial score (nSPS) is 10.8. The van der Waals surface area contributed by atoms with Crippen LogP contribution in [0.15, 0.2) is 91.4 Å². The number of benzene rings is 2. The van der Waals surface area contributed by atoms with Gasteiger partial charge in [0.15, 0.2) is 0 Å². The van der Waals surface area contributed by atoms with Crippen molar-refractivity contribution in [2.45, 2.75) is 0 Å². The highest BCUT2D eigenvalue weighted by Gasteiger charge is 2.13. The Hall–Kier alpha value is -4.52. The Bertz CT molecular complexity index is 1260. The van der Waals surface area contributed by atoms with Crippen molar-refractivity contribution >= 4 is 23.6 Å². The molecule has 0 saturated heterocycles. The van der Waals surface area contributed by atoms with E-state index < -0.39 is 0 Å². The Balaban J connectivity index is 1.63. The molecule has 2 aromatic heterocycles. The fourth-order valence-corrected chi connectivity index (χ4v) is 3.21. The van der Waals surface area contributed by atoms with Crippen molar-refractivity contribution in [1.29, 1.82) is 0 Å². The molecule has 0 fully saturated rings. The quantitative estimate of drug-likeness (QED) is 0.460. The summed E-state index contributed by atoms with van der Waals surface area (Å²) >= 11 is 0. The average Bonchev–Trinajstić information content (AvgIpc) is 3.28. The monoisotopic (exact) mass is 423 g/mol. The first-order chi connectivity index (χ1) is 15.7. The number of rotatable bonds is 6. The van der Waals surface area contributed by atoms with Gasteiger partial charge in [-0.1, -0.05) is 30.3 Å². The highest BCUT2D eigenvalue weighted by Crippen LogP contribution is 2.24. The van der Waals surface area contributed by atoms with Gasteiger partial charge >= 0.3 is 0 Å². The summed E-state index contributed by atoms with van der Waals surface area (Å²) in [6.45, 7) is 0. The van der Waals surface area contributed by atoms with E-state index in [9.17, 15) is 9.59 Å². The van der Waals surface area contributed by atoms with Gasteiger partial charge in [0.1, 0.15) is 5.69 Å². The molecule has 2 N–H and O–H groups in total. The lowest BCUT2D eigenvalue weighted by molar-refractivity contribution is -0.111. The third-order valence-corrected chi connectivity index (χ3v) is 4.77. The van der Waals surface area contributed by atoms with Crippen LogP contribution in [0, 0.1) is 0 Å². The smallest absolute Gasteiger partial charge is 0.253 e. The second-order valence-electron chi connectivity index (χ2n) is 6.90. The number of carbonyl (C=O) groups excluding carboxylic acids is 2. The van der Waals surface area contributed by atoms with Crippen LogP contribution in [0.4, 0.5) is 5.69 Å². The Morgan fingerprint density at radius 2 is 1.75 bits per heavy atom. The summed E-state index contributed by atoms with van der Waals surface area (Å²) in [5.74, 6) is -0.626. The Morgan fingerprint density at radius 3 is 2.50 bits per heavy atom. The fraction of sp³-hybridized carbons (Fsp3) is 0.0400. The fourth-order valence-electron chi connectivity index (χ4n) is 3.21. The van der Waals surface area contributed by atoms with E-state index in [1.165, 1.54) is 6.08 Å². The molecule has 32 heavy (non-hydrogen) atoms. The van der Waals surface area contributed by atoms with Gasteiger partial charge in [-0.25, -0.2) is 4.68 Å². The van der Waals surface area contributed by atoms with Crippen molar-refractivity contribution < 1.29 is 9.59 Å². The van der Waals surface area contributed by atoms with E-state index in [1.54, 1.807) is 54.5 Å². The number of aromatic nitrogens is 3. The van der Waals surface area contributed by atoms with E-state index in [4.69, 9.17) is 5.10 Å². The summed E-state index contributed by atoms with van der Waals surface area (Å²) in [6, 6.07) is 20.3. The SMILES string of the molecule is CNC(=O)c1ccccc1NC(=O)/C=C/c1cn(-c2ccccc2)nc1-c1cccnc1. The molecule has 7 heteroatoms. The van der Waals surface area contributed by atoms with Crippen molar-refractivity contribution in [3.63, 3.8) is 0 Å². The first-order valence-corrected chi connectivity index (χ1v) is 10.0. The van der Waals surface area contributed by atoms with Crippen LogP contribution in [0.25, 0.3) is 23.0 Å². The topological polar surface area (TPSA) is 88.9 Å². The molecule has 2 aromatic carbocycles. The molecule has 0 saturated carbocycles. The molecule has 0 spiro atoms. The summed E-state index contributed by atoms with van der Waals surface area (Å²) in [5, 5.41) is 10.0. The van der Waals surface area contributed by atoms with Crippen LogP contribution in [0.1, 0.15) is 15.9 Å². The number of anilines is 1. The second kappa shape index (κ2) is 9.53. The van der Waals surface area contributed by atoms with Crippen molar-refractivity contribution in [2.24, 2.45) is 0 Å². The van der Waals surface area contributed by atoms with Crippen molar-refractivity contribution in [2.75, 3.05) is 12.4 Å². The zero-order chi connectivity index (χ0) is 22.3. The molecule has 2 amide bonds. The number of hydrogen-bond donors (Lipinski definition) is 2. The molecule has 2 heterocycles. The number of amides is 2. The maximum absolute atomic E-state index is 12.6. The molecule has 0 unspecified atom stereocenters. The van der Waals surface area contributed by atoms with Crippen molar-refractivity contribution in [1.82, 2.24) is 20.1 Å². The van der Waals surface area contributed by atoms with Gasteiger partial charge in [-0.3, -0.25) is 14.6 Å².